The SMILES string of the molecule is COC(=O)N(CC(F)(F)F)C1CCN(C(=O)OC(C)(C)C)CC1. The van der Waals surface area contributed by atoms with E-state index in [1.54, 1.807) is 20.8 Å². The molecule has 0 aromatic carbocycles. The van der Waals surface area contributed by atoms with Crippen molar-refractivity contribution < 1.29 is 32.2 Å². The van der Waals surface area contributed by atoms with E-state index in [1.807, 2.05) is 0 Å². The highest BCUT2D eigenvalue weighted by atomic mass is 19.4. The molecule has 0 atom stereocenters. The Morgan fingerprint density at radius 1 is 1.17 bits per heavy atom. The zero-order valence-electron chi connectivity index (χ0n) is 13.8. The summed E-state index contributed by atoms with van der Waals surface area (Å²) in [6.07, 6.45) is -5.54. The smallest absolute Gasteiger partial charge is 0.410 e. The molecule has 1 heterocycles. The van der Waals surface area contributed by atoms with Gasteiger partial charge in [0.1, 0.15) is 12.1 Å². The molecule has 0 aliphatic carbocycles. The Morgan fingerprint density at radius 3 is 2.09 bits per heavy atom. The first kappa shape index (κ1) is 19.4. The molecule has 23 heavy (non-hydrogen) atoms. The van der Waals surface area contributed by atoms with Crippen LogP contribution in [0.1, 0.15) is 33.6 Å². The molecule has 1 saturated heterocycles. The largest absolute Gasteiger partial charge is 0.453 e. The van der Waals surface area contributed by atoms with Gasteiger partial charge in [-0.25, -0.2) is 9.59 Å². The van der Waals surface area contributed by atoms with E-state index < -0.39 is 36.6 Å². The van der Waals surface area contributed by atoms with Gasteiger partial charge in [0.05, 0.1) is 7.11 Å². The number of methoxy groups -OCH3 is 1. The standard InChI is InChI=1S/C14H23F3N2O4/c1-13(2,3)23-11(20)18-7-5-10(6-8-18)19(12(21)22-4)9-14(15,16)17/h10H,5-9H2,1-4H3. The van der Waals surface area contributed by atoms with Crippen molar-refractivity contribution in [3.05, 3.63) is 0 Å². The summed E-state index contributed by atoms with van der Waals surface area (Å²) in [5.41, 5.74) is -0.637. The maximum Gasteiger partial charge on any atom is 0.410 e. The summed E-state index contributed by atoms with van der Waals surface area (Å²) in [6, 6.07) is -0.622. The first-order valence-electron chi connectivity index (χ1n) is 7.32. The van der Waals surface area contributed by atoms with E-state index in [4.69, 9.17) is 4.74 Å². The number of hydrogen-bond donors (Lipinski definition) is 0. The average Bonchev–Trinajstić information content (AvgIpc) is 2.41. The van der Waals surface area contributed by atoms with Crippen LogP contribution in [0.3, 0.4) is 0 Å². The molecule has 0 bridgehead atoms. The topological polar surface area (TPSA) is 59.1 Å². The fourth-order valence-electron chi connectivity index (χ4n) is 2.34. The van der Waals surface area contributed by atoms with E-state index in [0.717, 1.165) is 7.11 Å². The van der Waals surface area contributed by atoms with Gasteiger partial charge in [0.15, 0.2) is 0 Å². The van der Waals surface area contributed by atoms with Gasteiger partial charge in [-0.1, -0.05) is 0 Å². The number of carbonyl (C=O) groups excluding carboxylic acids is 2. The highest BCUT2D eigenvalue weighted by molar-refractivity contribution is 5.69. The molecule has 0 aromatic rings. The summed E-state index contributed by atoms with van der Waals surface area (Å²) in [5.74, 6) is 0. The fourth-order valence-corrected chi connectivity index (χ4v) is 2.34. The van der Waals surface area contributed by atoms with Gasteiger partial charge < -0.3 is 14.4 Å². The molecule has 134 valence electrons. The van der Waals surface area contributed by atoms with Crippen molar-refractivity contribution in [3.8, 4) is 0 Å². The zero-order valence-corrected chi connectivity index (χ0v) is 13.8. The molecule has 1 rings (SSSR count). The summed E-state index contributed by atoms with van der Waals surface area (Å²) in [7, 11) is 1.04. The lowest BCUT2D eigenvalue weighted by molar-refractivity contribution is -0.148. The number of carbonyl (C=O) groups is 2. The fraction of sp³-hybridized carbons (Fsp3) is 0.857. The van der Waals surface area contributed by atoms with E-state index in [2.05, 4.69) is 4.74 Å². The minimum atomic E-state index is -4.50. The number of amides is 2. The maximum absolute atomic E-state index is 12.6. The van der Waals surface area contributed by atoms with Gasteiger partial charge in [-0.3, -0.25) is 4.90 Å². The van der Waals surface area contributed by atoms with Crippen LogP contribution in [0.4, 0.5) is 22.8 Å². The molecule has 0 unspecified atom stereocenters. The molecule has 0 N–H and O–H groups in total. The van der Waals surface area contributed by atoms with E-state index in [-0.39, 0.29) is 25.9 Å². The van der Waals surface area contributed by atoms with Gasteiger partial charge in [0.25, 0.3) is 0 Å². The Bertz CT molecular complexity index is 427. The number of hydrogen-bond acceptors (Lipinski definition) is 4. The Hall–Kier alpha value is -1.67. The number of alkyl halides is 3. The van der Waals surface area contributed by atoms with Crippen LogP contribution >= 0.6 is 0 Å². The molecule has 0 radical (unpaired) electrons. The molecule has 6 nitrogen and oxygen atoms in total. The van der Waals surface area contributed by atoms with Crippen molar-refractivity contribution in [2.45, 2.75) is 51.4 Å². The monoisotopic (exact) mass is 340 g/mol. The molecule has 1 aliphatic rings. The van der Waals surface area contributed by atoms with E-state index in [1.165, 1.54) is 4.90 Å². The Balaban J connectivity index is 2.64. The average molecular weight is 340 g/mol. The number of rotatable bonds is 2. The third-order valence-electron chi connectivity index (χ3n) is 3.32. The number of likely N-dealkylation sites (tertiary alicyclic amines) is 1. The molecule has 9 heteroatoms. The van der Waals surface area contributed by atoms with Crippen LogP contribution in [-0.2, 0) is 9.47 Å². The highest BCUT2D eigenvalue weighted by Crippen LogP contribution is 2.24. The normalized spacial score (nSPS) is 16.9. The third kappa shape index (κ3) is 6.54. The molecule has 1 aliphatic heterocycles. The Morgan fingerprint density at radius 2 is 1.70 bits per heavy atom. The summed E-state index contributed by atoms with van der Waals surface area (Å²) in [6.45, 7) is 4.30. The van der Waals surface area contributed by atoms with E-state index >= 15 is 0 Å². The summed E-state index contributed by atoms with van der Waals surface area (Å²) in [5, 5.41) is 0. The number of halogens is 3. The van der Waals surface area contributed by atoms with Gasteiger partial charge in [-0.05, 0) is 33.6 Å². The molecule has 0 spiro atoms. The third-order valence-corrected chi connectivity index (χ3v) is 3.32. The van der Waals surface area contributed by atoms with Crippen LogP contribution in [-0.4, -0.2) is 66.5 Å². The van der Waals surface area contributed by atoms with Gasteiger partial charge in [0, 0.05) is 19.1 Å². The summed E-state index contributed by atoms with van der Waals surface area (Å²) >= 11 is 0. The first-order valence-corrected chi connectivity index (χ1v) is 7.32. The van der Waals surface area contributed by atoms with Crippen LogP contribution < -0.4 is 0 Å². The zero-order chi connectivity index (χ0) is 17.8. The van der Waals surface area contributed by atoms with Crippen LogP contribution in [0.2, 0.25) is 0 Å². The minimum absolute atomic E-state index is 0.227. The molecule has 0 aromatic heterocycles. The van der Waals surface area contributed by atoms with Crippen molar-refractivity contribution in [2.75, 3.05) is 26.7 Å². The van der Waals surface area contributed by atoms with Gasteiger partial charge in [0.2, 0.25) is 0 Å². The predicted molar refractivity (Wildman–Crippen MR) is 76.0 cm³/mol. The van der Waals surface area contributed by atoms with Crippen molar-refractivity contribution in [2.24, 2.45) is 0 Å². The van der Waals surface area contributed by atoms with E-state index in [9.17, 15) is 22.8 Å². The molecular weight excluding hydrogens is 317 g/mol. The quantitative estimate of drug-likeness (QED) is 0.775. The number of nitrogens with zero attached hydrogens (tertiary/aromatic N) is 2. The maximum atomic E-state index is 12.6. The van der Waals surface area contributed by atoms with Crippen LogP contribution in [0, 0.1) is 0 Å². The molecular formula is C14H23F3N2O4. The molecule has 2 amide bonds. The lowest BCUT2D eigenvalue weighted by atomic mass is 10.0. The minimum Gasteiger partial charge on any atom is -0.453 e. The van der Waals surface area contributed by atoms with Crippen molar-refractivity contribution >= 4 is 12.2 Å². The van der Waals surface area contributed by atoms with Crippen molar-refractivity contribution in [3.63, 3.8) is 0 Å². The van der Waals surface area contributed by atoms with Crippen LogP contribution in [0.5, 0.6) is 0 Å². The summed E-state index contributed by atoms with van der Waals surface area (Å²) < 4.78 is 47.5. The van der Waals surface area contributed by atoms with E-state index in [0.29, 0.717) is 4.90 Å². The van der Waals surface area contributed by atoms with Crippen molar-refractivity contribution in [1.82, 2.24) is 9.80 Å². The first-order chi connectivity index (χ1) is 10.4. The molecule has 0 saturated carbocycles. The Labute approximate surface area is 133 Å². The summed E-state index contributed by atoms with van der Waals surface area (Å²) in [4.78, 5) is 25.6. The van der Waals surface area contributed by atoms with Gasteiger partial charge >= 0.3 is 18.4 Å². The lowest BCUT2D eigenvalue weighted by Gasteiger charge is -2.38. The second-order valence-electron chi connectivity index (χ2n) is 6.41. The number of ether oxygens (including phenoxy) is 2. The molecule has 1 fully saturated rings. The van der Waals surface area contributed by atoms with Crippen LogP contribution in [0.15, 0.2) is 0 Å². The van der Waals surface area contributed by atoms with Gasteiger partial charge in [-0.2, -0.15) is 13.2 Å². The van der Waals surface area contributed by atoms with Gasteiger partial charge in [-0.15, -0.1) is 0 Å². The Kier molecular flexibility index (Phi) is 6.12. The second kappa shape index (κ2) is 7.27. The van der Waals surface area contributed by atoms with Crippen molar-refractivity contribution in [1.29, 1.82) is 0 Å². The number of piperidine rings is 1. The highest BCUT2D eigenvalue weighted by Gasteiger charge is 2.39. The predicted octanol–water partition coefficient (Wildman–Crippen LogP) is 3.02. The second-order valence-corrected chi connectivity index (χ2v) is 6.41. The lowest BCUT2D eigenvalue weighted by Crippen LogP contribution is -2.51. The van der Waals surface area contributed by atoms with Crippen LogP contribution in [0.25, 0.3) is 0 Å².